The van der Waals surface area contributed by atoms with Gasteiger partial charge in [0.15, 0.2) is 5.76 Å². The van der Waals surface area contributed by atoms with Gasteiger partial charge in [-0.25, -0.2) is 4.98 Å². The molecule has 0 amide bonds. The maximum atomic E-state index is 5.29. The second-order valence-corrected chi connectivity index (χ2v) is 4.03. The molecule has 0 bridgehead atoms. The summed E-state index contributed by atoms with van der Waals surface area (Å²) in [6.07, 6.45) is 0. The van der Waals surface area contributed by atoms with Gasteiger partial charge in [-0.1, -0.05) is 35.5 Å². The number of rotatable bonds is 2. The van der Waals surface area contributed by atoms with Crippen LogP contribution in [-0.2, 0) is 0 Å². The molecule has 78 valence electrons. The molecule has 3 nitrogen and oxygen atoms in total. The molecule has 0 aliphatic heterocycles. The fourth-order valence-corrected chi connectivity index (χ4v) is 2.02. The fraction of sp³-hybridized carbons (Fsp3) is 0. The topological polar surface area (TPSA) is 38.9 Å². The number of thiazole rings is 1. The smallest absolute Gasteiger partial charge is 0.167 e. The van der Waals surface area contributed by atoms with Gasteiger partial charge in [0.05, 0.1) is 5.51 Å². The Morgan fingerprint density at radius 1 is 1.06 bits per heavy atom. The van der Waals surface area contributed by atoms with Crippen LogP contribution >= 0.6 is 11.3 Å². The van der Waals surface area contributed by atoms with Crippen molar-refractivity contribution in [1.82, 2.24) is 10.1 Å². The summed E-state index contributed by atoms with van der Waals surface area (Å²) in [5, 5.41) is 5.96. The molecule has 0 atom stereocenters. The van der Waals surface area contributed by atoms with E-state index in [4.69, 9.17) is 4.52 Å². The molecule has 16 heavy (non-hydrogen) atoms. The molecule has 2 aromatic heterocycles. The van der Waals surface area contributed by atoms with Crippen LogP contribution in [0.25, 0.3) is 22.7 Å². The first-order chi connectivity index (χ1) is 7.93. The van der Waals surface area contributed by atoms with Gasteiger partial charge in [0.2, 0.25) is 0 Å². The highest BCUT2D eigenvalue weighted by atomic mass is 32.1. The van der Waals surface area contributed by atoms with Crippen LogP contribution in [0.3, 0.4) is 0 Å². The lowest BCUT2D eigenvalue weighted by molar-refractivity contribution is 0.434. The van der Waals surface area contributed by atoms with Gasteiger partial charge in [0, 0.05) is 17.0 Å². The minimum absolute atomic E-state index is 0.767. The van der Waals surface area contributed by atoms with E-state index in [1.54, 1.807) is 16.8 Å². The summed E-state index contributed by atoms with van der Waals surface area (Å²) in [5.41, 5.74) is 4.44. The maximum Gasteiger partial charge on any atom is 0.167 e. The molecule has 3 aromatic rings. The van der Waals surface area contributed by atoms with E-state index in [1.165, 1.54) is 0 Å². The van der Waals surface area contributed by atoms with E-state index in [-0.39, 0.29) is 0 Å². The van der Waals surface area contributed by atoms with E-state index < -0.39 is 0 Å². The highest BCUT2D eigenvalue weighted by Crippen LogP contribution is 2.25. The van der Waals surface area contributed by atoms with Crippen LogP contribution in [0.1, 0.15) is 0 Å². The van der Waals surface area contributed by atoms with Gasteiger partial charge >= 0.3 is 0 Å². The van der Waals surface area contributed by atoms with Gasteiger partial charge in [0.1, 0.15) is 11.4 Å². The van der Waals surface area contributed by atoms with Crippen molar-refractivity contribution in [3.8, 4) is 22.7 Å². The van der Waals surface area contributed by atoms with Crippen LogP contribution in [0.4, 0.5) is 0 Å². The Balaban J connectivity index is 2.00. The Bertz CT molecular complexity index is 572. The lowest BCUT2D eigenvalue weighted by Crippen LogP contribution is -1.73. The molecule has 0 saturated heterocycles. The van der Waals surface area contributed by atoms with Crippen molar-refractivity contribution in [2.24, 2.45) is 0 Å². The van der Waals surface area contributed by atoms with E-state index in [0.717, 1.165) is 22.7 Å². The third-order valence-electron chi connectivity index (χ3n) is 2.26. The summed E-state index contributed by atoms with van der Waals surface area (Å²) in [5.74, 6) is 0.767. The molecule has 0 unspecified atom stereocenters. The normalized spacial score (nSPS) is 10.5. The van der Waals surface area contributed by atoms with Gasteiger partial charge < -0.3 is 4.52 Å². The molecule has 0 aliphatic rings. The Labute approximate surface area is 96.4 Å². The molecular formula is C12H8N2OS. The van der Waals surface area contributed by atoms with Crippen LogP contribution in [0.2, 0.25) is 0 Å². The van der Waals surface area contributed by atoms with Crippen LogP contribution in [-0.4, -0.2) is 10.1 Å². The van der Waals surface area contributed by atoms with E-state index in [1.807, 2.05) is 41.8 Å². The lowest BCUT2D eigenvalue weighted by Gasteiger charge is -1.91. The van der Waals surface area contributed by atoms with Crippen LogP contribution in [0, 0.1) is 0 Å². The molecule has 0 aliphatic carbocycles. The monoisotopic (exact) mass is 228 g/mol. The molecular weight excluding hydrogens is 220 g/mol. The first-order valence-electron chi connectivity index (χ1n) is 4.84. The molecule has 2 heterocycles. The highest BCUT2D eigenvalue weighted by Gasteiger charge is 2.08. The quantitative estimate of drug-likeness (QED) is 0.674. The SMILES string of the molecule is c1ccc(-c2cc(-c3cscn3)no2)cc1. The minimum atomic E-state index is 0.767. The number of nitrogens with zero attached hydrogens (tertiary/aromatic N) is 2. The zero-order chi connectivity index (χ0) is 10.8. The average Bonchev–Trinajstić information content (AvgIpc) is 3.01. The zero-order valence-corrected chi connectivity index (χ0v) is 9.15. The summed E-state index contributed by atoms with van der Waals surface area (Å²) < 4.78 is 5.29. The Morgan fingerprint density at radius 3 is 2.69 bits per heavy atom. The van der Waals surface area contributed by atoms with Crippen molar-refractivity contribution in [2.45, 2.75) is 0 Å². The number of aromatic nitrogens is 2. The van der Waals surface area contributed by atoms with E-state index in [0.29, 0.717) is 0 Å². The fourth-order valence-electron chi connectivity index (χ4n) is 1.47. The van der Waals surface area contributed by atoms with Gasteiger partial charge in [-0.05, 0) is 0 Å². The van der Waals surface area contributed by atoms with Crippen molar-refractivity contribution >= 4 is 11.3 Å². The second-order valence-electron chi connectivity index (χ2n) is 3.32. The third kappa shape index (κ3) is 1.63. The maximum absolute atomic E-state index is 5.29. The van der Waals surface area contributed by atoms with Crippen LogP contribution in [0.15, 0.2) is 51.8 Å². The third-order valence-corrected chi connectivity index (χ3v) is 2.85. The zero-order valence-electron chi connectivity index (χ0n) is 8.33. The van der Waals surface area contributed by atoms with E-state index >= 15 is 0 Å². The standard InChI is InChI=1S/C12H8N2OS/c1-2-4-9(5-3-1)12-6-10(14-15-12)11-7-16-8-13-11/h1-8H. The molecule has 3 rings (SSSR count). The van der Waals surface area contributed by atoms with Gasteiger partial charge in [-0.2, -0.15) is 0 Å². The van der Waals surface area contributed by atoms with E-state index in [9.17, 15) is 0 Å². The average molecular weight is 228 g/mol. The summed E-state index contributed by atoms with van der Waals surface area (Å²) >= 11 is 1.55. The largest absolute Gasteiger partial charge is 0.356 e. The molecule has 1 aromatic carbocycles. The van der Waals surface area contributed by atoms with Gasteiger partial charge in [-0.15, -0.1) is 11.3 Å². The van der Waals surface area contributed by atoms with Crippen LogP contribution < -0.4 is 0 Å². The second kappa shape index (κ2) is 3.90. The molecule has 0 saturated carbocycles. The van der Waals surface area contributed by atoms with Crippen molar-refractivity contribution in [3.05, 3.63) is 47.3 Å². The Morgan fingerprint density at radius 2 is 1.94 bits per heavy atom. The molecule has 0 N–H and O–H groups in total. The molecule has 0 spiro atoms. The Hall–Kier alpha value is -1.94. The predicted molar refractivity (Wildman–Crippen MR) is 63.0 cm³/mol. The van der Waals surface area contributed by atoms with Crippen molar-refractivity contribution < 1.29 is 4.52 Å². The number of hydrogen-bond acceptors (Lipinski definition) is 4. The van der Waals surface area contributed by atoms with Gasteiger partial charge in [-0.3, -0.25) is 0 Å². The van der Waals surface area contributed by atoms with Crippen molar-refractivity contribution in [3.63, 3.8) is 0 Å². The van der Waals surface area contributed by atoms with Crippen molar-refractivity contribution in [1.29, 1.82) is 0 Å². The van der Waals surface area contributed by atoms with E-state index in [2.05, 4.69) is 10.1 Å². The lowest BCUT2D eigenvalue weighted by atomic mass is 10.1. The summed E-state index contributed by atoms with van der Waals surface area (Å²) in [6, 6.07) is 11.8. The summed E-state index contributed by atoms with van der Waals surface area (Å²) in [6.45, 7) is 0. The first-order valence-corrected chi connectivity index (χ1v) is 5.78. The first kappa shape index (κ1) is 9.30. The van der Waals surface area contributed by atoms with Crippen molar-refractivity contribution in [2.75, 3.05) is 0 Å². The number of hydrogen-bond donors (Lipinski definition) is 0. The summed E-state index contributed by atoms with van der Waals surface area (Å²) in [4.78, 5) is 4.19. The predicted octanol–water partition coefficient (Wildman–Crippen LogP) is 3.47. The minimum Gasteiger partial charge on any atom is -0.356 e. The summed E-state index contributed by atoms with van der Waals surface area (Å²) in [7, 11) is 0. The van der Waals surface area contributed by atoms with Gasteiger partial charge in [0.25, 0.3) is 0 Å². The Kier molecular flexibility index (Phi) is 2.27. The highest BCUT2D eigenvalue weighted by molar-refractivity contribution is 7.07. The van der Waals surface area contributed by atoms with Crippen LogP contribution in [0.5, 0.6) is 0 Å². The molecule has 4 heteroatoms. The molecule has 0 radical (unpaired) electrons. The number of benzene rings is 1. The molecule has 0 fully saturated rings.